The van der Waals surface area contributed by atoms with Crippen LogP contribution in [0.5, 0.6) is 17.2 Å². The number of ether oxygens (including phenoxy) is 1. The molecular weight excluding hydrogens is 412 g/mol. The number of esters is 1. The lowest BCUT2D eigenvalue weighted by molar-refractivity contribution is 0.0731. The summed E-state index contributed by atoms with van der Waals surface area (Å²) < 4.78 is 5.78. The summed E-state index contributed by atoms with van der Waals surface area (Å²) in [5.74, 6) is -0.766. The minimum Gasteiger partial charge on any atom is -0.504 e. The highest BCUT2D eigenvalue weighted by atomic mass is 16.5. The molecule has 4 nitrogen and oxygen atoms in total. The molecule has 0 heterocycles. The molecule has 0 aliphatic rings. The quantitative estimate of drug-likeness (QED) is 0.129. The number of aryl methyl sites for hydroxylation is 2. The molecule has 3 aromatic carbocycles. The molecule has 0 amide bonds. The number of rotatable bonds is 12. The topological polar surface area (TPSA) is 66.8 Å². The predicted molar refractivity (Wildman–Crippen MR) is 134 cm³/mol. The molecule has 0 saturated heterocycles. The van der Waals surface area contributed by atoms with Gasteiger partial charge in [0.15, 0.2) is 11.5 Å². The Morgan fingerprint density at radius 1 is 0.727 bits per heavy atom. The molecule has 0 unspecified atom stereocenters. The van der Waals surface area contributed by atoms with Gasteiger partial charge in [0.1, 0.15) is 11.3 Å². The highest BCUT2D eigenvalue weighted by Crippen LogP contribution is 2.41. The van der Waals surface area contributed by atoms with Crippen LogP contribution in [0.15, 0.2) is 48.5 Å². The smallest absolute Gasteiger partial charge is 0.348 e. The summed E-state index contributed by atoms with van der Waals surface area (Å²) in [4.78, 5) is 13.2. The molecule has 4 heteroatoms. The van der Waals surface area contributed by atoms with Crippen LogP contribution in [0, 0.1) is 0 Å². The highest BCUT2D eigenvalue weighted by Gasteiger charge is 2.25. The fraction of sp³-hybridized carbons (Fsp3) is 0.414. The van der Waals surface area contributed by atoms with E-state index in [0.29, 0.717) is 23.1 Å². The van der Waals surface area contributed by atoms with E-state index in [4.69, 9.17) is 4.74 Å². The molecule has 0 saturated carbocycles. The van der Waals surface area contributed by atoms with E-state index >= 15 is 0 Å². The van der Waals surface area contributed by atoms with Gasteiger partial charge in [-0.15, -0.1) is 0 Å². The van der Waals surface area contributed by atoms with Crippen LogP contribution < -0.4 is 4.74 Å². The van der Waals surface area contributed by atoms with Crippen molar-refractivity contribution in [1.29, 1.82) is 0 Å². The SMILES string of the molecule is CCCCCCc1ccccc1OC(=O)c1c(O)c(O)c(CCCCCC)c2ccccc12. The summed E-state index contributed by atoms with van der Waals surface area (Å²) in [7, 11) is 0. The van der Waals surface area contributed by atoms with Crippen molar-refractivity contribution in [3.63, 3.8) is 0 Å². The fourth-order valence-corrected chi connectivity index (χ4v) is 4.37. The Bertz CT molecular complexity index is 1070. The summed E-state index contributed by atoms with van der Waals surface area (Å²) >= 11 is 0. The van der Waals surface area contributed by atoms with E-state index in [-0.39, 0.29) is 11.3 Å². The average molecular weight is 449 g/mol. The van der Waals surface area contributed by atoms with Gasteiger partial charge in [-0.25, -0.2) is 4.79 Å². The van der Waals surface area contributed by atoms with E-state index in [2.05, 4.69) is 13.8 Å². The molecule has 0 aliphatic heterocycles. The zero-order chi connectivity index (χ0) is 23.6. The number of phenols is 2. The maximum Gasteiger partial charge on any atom is 0.348 e. The first-order valence-electron chi connectivity index (χ1n) is 12.3. The zero-order valence-corrected chi connectivity index (χ0v) is 19.9. The number of carbonyl (C=O) groups excluding carboxylic acids is 1. The molecule has 33 heavy (non-hydrogen) atoms. The standard InChI is InChI=1S/C29H36O4/c1-3-5-7-9-15-21-16-11-14-20-25(21)33-29(32)26-23-18-13-12-17-22(23)24(27(30)28(26)31)19-10-8-6-4-2/h11-14,16-18,20,30-31H,3-10,15,19H2,1-2H3. The van der Waals surface area contributed by atoms with Gasteiger partial charge in [0, 0.05) is 10.9 Å². The minimum absolute atomic E-state index is 0.0150. The van der Waals surface area contributed by atoms with Gasteiger partial charge in [0.2, 0.25) is 0 Å². The Kier molecular flexibility index (Phi) is 9.17. The Morgan fingerprint density at radius 3 is 2.03 bits per heavy atom. The van der Waals surface area contributed by atoms with Crippen molar-refractivity contribution in [3.8, 4) is 17.2 Å². The molecular formula is C29H36O4. The van der Waals surface area contributed by atoms with Gasteiger partial charge in [0.05, 0.1) is 0 Å². The number of benzene rings is 3. The van der Waals surface area contributed by atoms with Gasteiger partial charge in [-0.05, 0) is 42.7 Å². The van der Waals surface area contributed by atoms with Gasteiger partial charge in [0.25, 0.3) is 0 Å². The summed E-state index contributed by atoms with van der Waals surface area (Å²) in [5.41, 5.74) is 1.68. The zero-order valence-electron chi connectivity index (χ0n) is 19.9. The number of aromatic hydroxyl groups is 2. The maximum atomic E-state index is 13.2. The van der Waals surface area contributed by atoms with E-state index < -0.39 is 11.7 Å². The molecule has 3 rings (SSSR count). The average Bonchev–Trinajstić information content (AvgIpc) is 2.82. The van der Waals surface area contributed by atoms with Gasteiger partial charge in [-0.3, -0.25) is 0 Å². The van der Waals surface area contributed by atoms with Crippen molar-refractivity contribution in [2.45, 2.75) is 78.1 Å². The lowest BCUT2D eigenvalue weighted by atomic mass is 9.94. The highest BCUT2D eigenvalue weighted by molar-refractivity contribution is 6.10. The maximum absolute atomic E-state index is 13.2. The first-order valence-corrected chi connectivity index (χ1v) is 12.3. The number of unbranched alkanes of at least 4 members (excludes halogenated alkanes) is 6. The molecule has 3 aromatic rings. The molecule has 176 valence electrons. The summed E-state index contributed by atoms with van der Waals surface area (Å²) in [6, 6.07) is 15.0. The van der Waals surface area contributed by atoms with Crippen molar-refractivity contribution >= 4 is 16.7 Å². The van der Waals surface area contributed by atoms with Crippen LogP contribution in [0.3, 0.4) is 0 Å². The number of carbonyl (C=O) groups is 1. The Labute approximate surface area is 197 Å². The first-order chi connectivity index (χ1) is 16.1. The first kappa shape index (κ1) is 24.6. The number of fused-ring (bicyclic) bond motifs is 1. The van der Waals surface area contributed by atoms with E-state index in [1.807, 2.05) is 36.4 Å². The summed E-state index contributed by atoms with van der Waals surface area (Å²) in [5, 5.41) is 23.0. The third kappa shape index (κ3) is 6.07. The molecule has 0 radical (unpaired) electrons. The second-order valence-electron chi connectivity index (χ2n) is 8.71. The monoisotopic (exact) mass is 448 g/mol. The van der Waals surface area contributed by atoms with Crippen molar-refractivity contribution < 1.29 is 19.7 Å². The van der Waals surface area contributed by atoms with E-state index in [0.717, 1.165) is 55.9 Å². The van der Waals surface area contributed by atoms with Crippen molar-refractivity contribution in [1.82, 2.24) is 0 Å². The van der Waals surface area contributed by atoms with Crippen LogP contribution in [0.1, 0.15) is 86.7 Å². The van der Waals surface area contributed by atoms with Crippen LogP contribution in [0.2, 0.25) is 0 Å². The molecule has 0 aliphatic carbocycles. The van der Waals surface area contributed by atoms with Gasteiger partial charge < -0.3 is 14.9 Å². The molecule has 0 atom stereocenters. The normalized spacial score (nSPS) is 11.1. The summed E-state index contributed by atoms with van der Waals surface area (Å²) in [6.45, 7) is 4.33. The summed E-state index contributed by atoms with van der Waals surface area (Å²) in [6.07, 6.45) is 10.2. The minimum atomic E-state index is -0.655. The van der Waals surface area contributed by atoms with Crippen molar-refractivity contribution in [2.75, 3.05) is 0 Å². The third-order valence-electron chi connectivity index (χ3n) is 6.23. The number of phenolic OH excluding ortho intramolecular Hbond substituents is 2. The lowest BCUT2D eigenvalue weighted by Gasteiger charge is -2.16. The van der Waals surface area contributed by atoms with Crippen molar-refractivity contribution in [3.05, 3.63) is 65.2 Å². The number of hydrogen-bond donors (Lipinski definition) is 2. The van der Waals surface area contributed by atoms with Gasteiger partial charge in [-0.1, -0.05) is 94.8 Å². The molecule has 0 aromatic heterocycles. The third-order valence-corrected chi connectivity index (χ3v) is 6.23. The fourth-order valence-electron chi connectivity index (χ4n) is 4.37. The number of hydrogen-bond acceptors (Lipinski definition) is 4. The van der Waals surface area contributed by atoms with Crippen LogP contribution in [-0.4, -0.2) is 16.2 Å². The molecule has 2 N–H and O–H groups in total. The van der Waals surface area contributed by atoms with Crippen LogP contribution in [0.25, 0.3) is 10.8 Å². The van der Waals surface area contributed by atoms with Gasteiger partial charge in [-0.2, -0.15) is 0 Å². The largest absolute Gasteiger partial charge is 0.504 e. The molecule has 0 fully saturated rings. The van der Waals surface area contributed by atoms with E-state index in [1.54, 1.807) is 12.1 Å². The Morgan fingerprint density at radius 2 is 1.33 bits per heavy atom. The van der Waals surface area contributed by atoms with E-state index in [9.17, 15) is 15.0 Å². The predicted octanol–water partition coefficient (Wildman–Crippen LogP) is 7.72. The van der Waals surface area contributed by atoms with Crippen LogP contribution >= 0.6 is 0 Å². The van der Waals surface area contributed by atoms with Crippen molar-refractivity contribution in [2.24, 2.45) is 0 Å². The van der Waals surface area contributed by atoms with Crippen LogP contribution in [0.4, 0.5) is 0 Å². The Balaban J connectivity index is 1.90. The second kappa shape index (κ2) is 12.3. The Hall–Kier alpha value is -3.01. The van der Waals surface area contributed by atoms with Crippen LogP contribution in [-0.2, 0) is 12.8 Å². The van der Waals surface area contributed by atoms with Gasteiger partial charge >= 0.3 is 5.97 Å². The molecule has 0 bridgehead atoms. The molecule has 0 spiro atoms. The number of para-hydroxylation sites is 1. The van der Waals surface area contributed by atoms with E-state index in [1.165, 1.54) is 12.8 Å². The second-order valence-corrected chi connectivity index (χ2v) is 8.71. The lowest BCUT2D eigenvalue weighted by Crippen LogP contribution is -2.11.